The van der Waals surface area contributed by atoms with E-state index in [0.29, 0.717) is 16.6 Å². The van der Waals surface area contributed by atoms with Crippen LogP contribution in [0.1, 0.15) is 80.6 Å². The van der Waals surface area contributed by atoms with Crippen LogP contribution in [0, 0.1) is 6.92 Å². The number of carboxylic acids is 1. The van der Waals surface area contributed by atoms with E-state index in [-0.39, 0.29) is 15.9 Å². The Kier molecular flexibility index (Phi) is 16.3. The van der Waals surface area contributed by atoms with E-state index in [9.17, 15) is 17.4 Å². The summed E-state index contributed by atoms with van der Waals surface area (Å²) in [5.74, 6) is -1.27. The van der Waals surface area contributed by atoms with Crippen LogP contribution in [0.4, 0.5) is 5.69 Å². The third kappa shape index (κ3) is 13.3. The smallest absolute Gasteiger partial charge is 0.347 e. The fraction of sp³-hybridized carbons (Fsp3) is 0.542. The van der Waals surface area contributed by atoms with Crippen molar-refractivity contribution in [3.63, 3.8) is 0 Å². The fourth-order valence-electron chi connectivity index (χ4n) is 3.39. The van der Waals surface area contributed by atoms with Crippen LogP contribution in [0.2, 0.25) is 0 Å². The zero-order valence-corrected chi connectivity index (χ0v) is 24.2. The van der Waals surface area contributed by atoms with Gasteiger partial charge in [0.05, 0.1) is 17.8 Å². The molecule has 5 N–H and O–H groups in total. The second-order valence-electron chi connectivity index (χ2n) is 8.38. The second kappa shape index (κ2) is 18.2. The molecule has 13 heteroatoms. The van der Waals surface area contributed by atoms with Crippen molar-refractivity contribution >= 4 is 47.4 Å². The van der Waals surface area contributed by atoms with Crippen LogP contribution >= 0.6 is 11.3 Å². The number of aromatic carboxylic acids is 1. The van der Waals surface area contributed by atoms with Crippen LogP contribution in [0.15, 0.2) is 29.8 Å². The number of para-hydroxylation sites is 1. The van der Waals surface area contributed by atoms with Crippen molar-refractivity contribution in [2.45, 2.75) is 78.2 Å². The average Bonchev–Trinajstić information content (AvgIpc) is 3.31. The minimum absolute atomic E-state index is 0.103. The van der Waals surface area contributed by atoms with E-state index in [1.165, 1.54) is 82.0 Å². The first-order valence-corrected chi connectivity index (χ1v) is 16.3. The molecule has 0 bridgehead atoms. The van der Waals surface area contributed by atoms with Gasteiger partial charge in [0.1, 0.15) is 4.88 Å². The maximum Gasteiger partial charge on any atom is 0.347 e. The number of unbranched alkanes of at least 4 members (excludes halogenated alkanes) is 2. The number of hydroxylamine groups is 1. The molecule has 11 nitrogen and oxygen atoms in total. The SMILES string of the molecule is CC(=O)Nc1ccccc1[As](=O)(O)OO.CCCCCONC1CCCCC1.Cc1ncsc1C(=O)O. The molecule has 0 aliphatic heterocycles. The molecule has 1 aliphatic rings. The number of carbonyl (C=O) groups is 2. The summed E-state index contributed by atoms with van der Waals surface area (Å²) >= 11 is -3.78. The van der Waals surface area contributed by atoms with Gasteiger partial charge in [-0.1, -0.05) is 39.0 Å². The molecule has 1 aromatic heterocycles. The number of carbonyl (C=O) groups excluding carboxylic acids is 1. The van der Waals surface area contributed by atoms with Crippen molar-refractivity contribution in [3.8, 4) is 0 Å². The molecule has 1 atom stereocenters. The molecule has 1 fully saturated rings. The van der Waals surface area contributed by atoms with Gasteiger partial charge in [-0.3, -0.25) is 0 Å². The molecule has 1 amide bonds. The zero-order chi connectivity index (χ0) is 27.7. The van der Waals surface area contributed by atoms with Gasteiger partial charge in [0.15, 0.2) is 0 Å². The van der Waals surface area contributed by atoms with E-state index in [1.54, 1.807) is 13.0 Å². The summed E-state index contributed by atoms with van der Waals surface area (Å²) in [6.07, 6.45) is 10.5. The Morgan fingerprint density at radius 1 is 1.19 bits per heavy atom. The van der Waals surface area contributed by atoms with Gasteiger partial charge in [0.25, 0.3) is 0 Å². The van der Waals surface area contributed by atoms with Crippen molar-refractivity contribution in [2.24, 2.45) is 0 Å². The van der Waals surface area contributed by atoms with Gasteiger partial charge in [-0.15, -0.1) is 11.3 Å². The first-order chi connectivity index (χ1) is 17.6. The Morgan fingerprint density at radius 2 is 1.86 bits per heavy atom. The van der Waals surface area contributed by atoms with Crippen molar-refractivity contribution in [2.75, 3.05) is 11.9 Å². The number of amides is 1. The number of aryl methyl sites for hydroxylation is 1. The number of benzene rings is 1. The van der Waals surface area contributed by atoms with Gasteiger partial charge in [0, 0.05) is 6.04 Å². The van der Waals surface area contributed by atoms with Crippen LogP contribution in [-0.4, -0.2) is 58.1 Å². The van der Waals surface area contributed by atoms with Crippen molar-refractivity contribution < 1.29 is 36.5 Å². The molecule has 1 saturated carbocycles. The van der Waals surface area contributed by atoms with Gasteiger partial charge < -0.3 is 9.94 Å². The predicted octanol–water partition coefficient (Wildman–Crippen LogP) is 3.88. The van der Waals surface area contributed by atoms with Crippen molar-refractivity contribution in [1.82, 2.24) is 10.5 Å². The summed E-state index contributed by atoms with van der Waals surface area (Å²) in [5.41, 5.74) is 5.45. The van der Waals surface area contributed by atoms with Crippen molar-refractivity contribution in [3.05, 3.63) is 40.3 Å². The normalized spacial score (nSPS) is 14.8. The number of rotatable bonds is 10. The molecule has 0 saturated heterocycles. The summed E-state index contributed by atoms with van der Waals surface area (Å²) in [6.45, 7) is 6.05. The van der Waals surface area contributed by atoms with Crippen LogP contribution in [0.3, 0.4) is 0 Å². The van der Waals surface area contributed by atoms with Crippen LogP contribution in [0.5, 0.6) is 0 Å². The number of hydrogen-bond acceptors (Lipinski definition) is 9. The summed E-state index contributed by atoms with van der Waals surface area (Å²) in [4.78, 5) is 30.6. The Bertz CT molecular complexity index is 998. The van der Waals surface area contributed by atoms with Gasteiger partial charge in [-0.2, -0.15) is 5.48 Å². The van der Waals surface area contributed by atoms with E-state index >= 15 is 0 Å². The van der Waals surface area contributed by atoms with E-state index in [0.717, 1.165) is 17.9 Å². The average molecular weight is 604 g/mol. The Hall–Kier alpha value is -2.05. The molecular weight excluding hydrogens is 565 g/mol. The topological polar surface area (TPSA) is 167 Å². The number of aromatic nitrogens is 1. The third-order valence-electron chi connectivity index (χ3n) is 5.27. The number of carboxylic acid groups (broad SMARTS) is 1. The molecular formula is C24H38AsN3O8S. The number of hydrogen-bond donors (Lipinski definition) is 5. The van der Waals surface area contributed by atoms with E-state index in [2.05, 4.69) is 26.6 Å². The monoisotopic (exact) mass is 603 g/mol. The maximum absolute atomic E-state index is 11.4. The Balaban J connectivity index is 0.000000286. The Morgan fingerprint density at radius 3 is 2.38 bits per heavy atom. The minimum Gasteiger partial charge on any atom is -0.477 e. The number of nitrogens with one attached hydrogen (secondary N) is 2. The second-order valence-corrected chi connectivity index (χ2v) is 12.8. The number of anilines is 1. The van der Waals surface area contributed by atoms with Gasteiger partial charge in [-0.05, 0) is 26.2 Å². The van der Waals surface area contributed by atoms with Gasteiger partial charge in [0.2, 0.25) is 0 Å². The van der Waals surface area contributed by atoms with E-state index in [4.69, 9.17) is 15.2 Å². The number of thiazole rings is 1. The van der Waals surface area contributed by atoms with Crippen LogP contribution in [-0.2, 0) is 17.2 Å². The Labute approximate surface area is 224 Å². The first kappa shape index (κ1) is 33.0. The van der Waals surface area contributed by atoms with Gasteiger partial charge in [-0.25, -0.2) is 9.78 Å². The third-order valence-corrected chi connectivity index (χ3v) is 8.75. The molecule has 37 heavy (non-hydrogen) atoms. The predicted molar refractivity (Wildman–Crippen MR) is 142 cm³/mol. The van der Waals surface area contributed by atoms with E-state index < -0.39 is 20.1 Å². The number of nitrogens with zero attached hydrogens (tertiary/aromatic N) is 1. The van der Waals surface area contributed by atoms with Gasteiger partial charge >= 0.3 is 94.4 Å². The van der Waals surface area contributed by atoms with Crippen LogP contribution in [0.25, 0.3) is 0 Å². The standard InChI is InChI=1S/C11H23NO.C8H10AsNO5.C5H5NO2S/c1-2-3-7-10-13-12-11-8-5-4-6-9-11;1-6(11)10-8-5-3-2-4-7(8)9(12,13)15-14;1-3-4(5(7)8)9-2-6-3/h11-12H,2-10H2,1H3;2-5,14H,1H3,(H,10,11)(H,12,13);2H,1H3,(H,7,8). The molecule has 1 unspecified atom stereocenters. The molecule has 1 aromatic carbocycles. The summed E-state index contributed by atoms with van der Waals surface area (Å²) in [6, 6.07) is 6.48. The molecule has 1 aliphatic carbocycles. The summed E-state index contributed by atoms with van der Waals surface area (Å²) in [7, 11) is 0. The van der Waals surface area contributed by atoms with E-state index in [1.807, 2.05) is 0 Å². The molecule has 3 rings (SSSR count). The minimum atomic E-state index is -4.92. The molecule has 208 valence electrons. The molecule has 2 aromatic rings. The molecule has 0 radical (unpaired) electrons. The fourth-order valence-corrected chi connectivity index (χ4v) is 5.70. The molecule has 0 spiro atoms. The van der Waals surface area contributed by atoms with Crippen molar-refractivity contribution in [1.29, 1.82) is 0 Å². The maximum atomic E-state index is 11.4. The van der Waals surface area contributed by atoms with Crippen LogP contribution < -0.4 is 15.1 Å². The largest absolute Gasteiger partial charge is 0.477 e. The summed E-state index contributed by atoms with van der Waals surface area (Å²) < 4.78 is 24.1. The first-order valence-electron chi connectivity index (χ1n) is 12.2. The summed E-state index contributed by atoms with van der Waals surface area (Å²) in [5, 5.41) is 19.1. The zero-order valence-electron chi connectivity index (χ0n) is 21.5. The quantitative estimate of drug-likeness (QED) is 0.116. The molecule has 1 heterocycles.